The van der Waals surface area contributed by atoms with Gasteiger partial charge in [-0.15, -0.1) is 0 Å². The predicted octanol–water partition coefficient (Wildman–Crippen LogP) is 2.73. The maximum atomic E-state index is 9.29. The fourth-order valence-corrected chi connectivity index (χ4v) is 1.71. The van der Waals surface area contributed by atoms with E-state index in [1.54, 1.807) is 6.20 Å². The molecule has 0 saturated heterocycles. The van der Waals surface area contributed by atoms with Crippen LogP contribution in [0.15, 0.2) is 16.7 Å². The minimum absolute atomic E-state index is 0.0888. The number of aliphatic hydroxyl groups excluding tert-OH is 1. The van der Waals surface area contributed by atoms with E-state index in [-0.39, 0.29) is 12.1 Å². The molecule has 15 heavy (non-hydrogen) atoms. The SMILES string of the molecule is CCC(C)(CO)Nc1ncc(C)cc1Br. The average molecular weight is 273 g/mol. The molecule has 0 bridgehead atoms. The van der Waals surface area contributed by atoms with Crippen LogP contribution < -0.4 is 5.32 Å². The smallest absolute Gasteiger partial charge is 0.140 e. The van der Waals surface area contributed by atoms with Gasteiger partial charge in [0, 0.05) is 6.20 Å². The molecule has 0 aliphatic rings. The van der Waals surface area contributed by atoms with Crippen molar-refractivity contribution in [3.8, 4) is 0 Å². The molecule has 0 spiro atoms. The fraction of sp³-hybridized carbons (Fsp3) is 0.545. The summed E-state index contributed by atoms with van der Waals surface area (Å²) in [6, 6.07) is 2.00. The fourth-order valence-electron chi connectivity index (χ4n) is 1.15. The molecule has 0 radical (unpaired) electrons. The number of anilines is 1. The van der Waals surface area contributed by atoms with Gasteiger partial charge in [0.25, 0.3) is 0 Å². The molecule has 1 unspecified atom stereocenters. The summed E-state index contributed by atoms with van der Waals surface area (Å²) in [6.07, 6.45) is 2.64. The van der Waals surface area contributed by atoms with Crippen molar-refractivity contribution in [2.45, 2.75) is 32.7 Å². The summed E-state index contributed by atoms with van der Waals surface area (Å²) >= 11 is 3.45. The lowest BCUT2D eigenvalue weighted by Crippen LogP contribution is -2.38. The second kappa shape index (κ2) is 4.94. The lowest BCUT2D eigenvalue weighted by atomic mass is 10.0. The molecule has 3 nitrogen and oxygen atoms in total. The molecule has 0 aliphatic heterocycles. The number of aromatic nitrogens is 1. The van der Waals surface area contributed by atoms with Crippen LogP contribution in [0.5, 0.6) is 0 Å². The van der Waals surface area contributed by atoms with Gasteiger partial charge >= 0.3 is 0 Å². The van der Waals surface area contributed by atoms with Gasteiger partial charge in [-0.25, -0.2) is 4.98 Å². The van der Waals surface area contributed by atoms with E-state index in [1.807, 2.05) is 26.8 Å². The number of nitrogens with zero attached hydrogens (tertiary/aromatic N) is 1. The summed E-state index contributed by atoms with van der Waals surface area (Å²) in [5, 5.41) is 12.5. The predicted molar refractivity (Wildman–Crippen MR) is 66.1 cm³/mol. The van der Waals surface area contributed by atoms with Gasteiger partial charge in [0.15, 0.2) is 0 Å². The van der Waals surface area contributed by atoms with Gasteiger partial charge in [-0.3, -0.25) is 0 Å². The lowest BCUT2D eigenvalue weighted by molar-refractivity contribution is 0.218. The Balaban J connectivity index is 2.89. The van der Waals surface area contributed by atoms with Crippen LogP contribution in [-0.4, -0.2) is 22.2 Å². The van der Waals surface area contributed by atoms with Crippen molar-refractivity contribution < 1.29 is 5.11 Å². The van der Waals surface area contributed by atoms with Crippen molar-refractivity contribution in [3.63, 3.8) is 0 Å². The molecule has 1 atom stereocenters. The Bertz CT molecular complexity index is 337. The van der Waals surface area contributed by atoms with Crippen LogP contribution in [0.1, 0.15) is 25.8 Å². The average Bonchev–Trinajstić information content (AvgIpc) is 2.22. The lowest BCUT2D eigenvalue weighted by Gasteiger charge is -2.28. The Morgan fingerprint density at radius 2 is 2.27 bits per heavy atom. The normalized spacial score (nSPS) is 14.7. The zero-order valence-electron chi connectivity index (χ0n) is 9.34. The summed E-state index contributed by atoms with van der Waals surface area (Å²) in [4.78, 5) is 4.29. The molecule has 0 fully saturated rings. The second-order valence-electron chi connectivity index (χ2n) is 4.04. The van der Waals surface area contributed by atoms with Crippen molar-refractivity contribution in [3.05, 3.63) is 22.3 Å². The van der Waals surface area contributed by atoms with Crippen LogP contribution in [0.2, 0.25) is 0 Å². The number of aliphatic hydroxyl groups is 1. The molecule has 1 aromatic heterocycles. The molecular weight excluding hydrogens is 256 g/mol. The second-order valence-corrected chi connectivity index (χ2v) is 4.89. The van der Waals surface area contributed by atoms with Gasteiger partial charge in [-0.05, 0) is 47.8 Å². The van der Waals surface area contributed by atoms with Crippen LogP contribution in [-0.2, 0) is 0 Å². The molecule has 1 aromatic rings. The standard InChI is InChI=1S/C11H17BrN2O/c1-4-11(3,7-15)14-10-9(12)5-8(2)6-13-10/h5-6,15H,4,7H2,1-3H3,(H,13,14). The van der Waals surface area contributed by atoms with Crippen LogP contribution in [0.4, 0.5) is 5.82 Å². The van der Waals surface area contributed by atoms with Crippen molar-refractivity contribution >= 4 is 21.7 Å². The summed E-state index contributed by atoms with van der Waals surface area (Å²) < 4.78 is 0.927. The Morgan fingerprint density at radius 3 is 2.73 bits per heavy atom. The van der Waals surface area contributed by atoms with Gasteiger partial charge in [-0.1, -0.05) is 6.92 Å². The van der Waals surface area contributed by atoms with Crippen molar-refractivity contribution in [1.29, 1.82) is 0 Å². The van der Waals surface area contributed by atoms with Crippen LogP contribution in [0, 0.1) is 6.92 Å². The number of aryl methyl sites for hydroxylation is 1. The Hall–Kier alpha value is -0.610. The van der Waals surface area contributed by atoms with Crippen LogP contribution >= 0.6 is 15.9 Å². The summed E-state index contributed by atoms with van der Waals surface area (Å²) in [5.41, 5.74) is 0.791. The topological polar surface area (TPSA) is 45.1 Å². The van der Waals surface area contributed by atoms with Crippen molar-refractivity contribution in [1.82, 2.24) is 4.98 Å². The number of nitrogens with one attached hydrogen (secondary N) is 1. The first-order valence-electron chi connectivity index (χ1n) is 5.02. The molecule has 0 amide bonds. The first-order valence-corrected chi connectivity index (χ1v) is 5.81. The van der Waals surface area contributed by atoms with Crippen LogP contribution in [0.25, 0.3) is 0 Å². The molecule has 4 heteroatoms. The van der Waals surface area contributed by atoms with E-state index in [4.69, 9.17) is 0 Å². The van der Waals surface area contributed by atoms with E-state index in [0.29, 0.717) is 0 Å². The van der Waals surface area contributed by atoms with Crippen LogP contribution in [0.3, 0.4) is 0 Å². The van der Waals surface area contributed by atoms with E-state index in [1.165, 1.54) is 0 Å². The summed E-state index contributed by atoms with van der Waals surface area (Å²) in [6.45, 7) is 6.09. The molecule has 1 heterocycles. The number of hydrogen-bond acceptors (Lipinski definition) is 3. The quantitative estimate of drug-likeness (QED) is 0.886. The van der Waals surface area contributed by atoms with Gasteiger partial charge < -0.3 is 10.4 Å². The largest absolute Gasteiger partial charge is 0.394 e. The highest BCUT2D eigenvalue weighted by atomic mass is 79.9. The minimum atomic E-state index is -0.315. The van der Waals surface area contributed by atoms with E-state index >= 15 is 0 Å². The monoisotopic (exact) mass is 272 g/mol. The Kier molecular flexibility index (Phi) is 4.11. The van der Waals surface area contributed by atoms with Gasteiger partial charge in [0.2, 0.25) is 0 Å². The molecule has 0 saturated carbocycles. The molecule has 0 aromatic carbocycles. The Labute approximate surface area is 99.1 Å². The van der Waals surface area contributed by atoms with E-state index in [9.17, 15) is 5.11 Å². The third kappa shape index (κ3) is 3.18. The molecule has 1 rings (SSSR count). The Morgan fingerprint density at radius 1 is 1.60 bits per heavy atom. The van der Waals surface area contributed by atoms with E-state index in [2.05, 4.69) is 26.2 Å². The molecule has 84 valence electrons. The number of pyridine rings is 1. The first-order chi connectivity index (χ1) is 7.00. The van der Waals surface area contributed by atoms with Crippen molar-refractivity contribution in [2.24, 2.45) is 0 Å². The summed E-state index contributed by atoms with van der Waals surface area (Å²) in [5.74, 6) is 0.777. The molecule has 0 aliphatic carbocycles. The maximum Gasteiger partial charge on any atom is 0.140 e. The third-order valence-corrected chi connectivity index (χ3v) is 3.13. The number of hydrogen-bond donors (Lipinski definition) is 2. The zero-order chi connectivity index (χ0) is 11.5. The number of rotatable bonds is 4. The zero-order valence-corrected chi connectivity index (χ0v) is 10.9. The van der Waals surface area contributed by atoms with Gasteiger partial charge in [0.05, 0.1) is 16.6 Å². The van der Waals surface area contributed by atoms with Gasteiger partial charge in [-0.2, -0.15) is 0 Å². The third-order valence-electron chi connectivity index (χ3n) is 2.53. The van der Waals surface area contributed by atoms with E-state index < -0.39 is 0 Å². The van der Waals surface area contributed by atoms with Crippen molar-refractivity contribution in [2.75, 3.05) is 11.9 Å². The highest BCUT2D eigenvalue weighted by molar-refractivity contribution is 9.10. The van der Waals surface area contributed by atoms with Gasteiger partial charge in [0.1, 0.15) is 5.82 Å². The first kappa shape index (κ1) is 12.5. The highest BCUT2D eigenvalue weighted by Crippen LogP contribution is 2.24. The van der Waals surface area contributed by atoms with E-state index in [0.717, 1.165) is 22.3 Å². The molecule has 2 N–H and O–H groups in total. The summed E-state index contributed by atoms with van der Waals surface area (Å²) in [7, 11) is 0. The molecular formula is C11H17BrN2O. The highest BCUT2D eigenvalue weighted by Gasteiger charge is 2.21. The minimum Gasteiger partial charge on any atom is -0.394 e. The maximum absolute atomic E-state index is 9.29. The number of halogens is 1.